The molecule has 2 aromatic rings. The molecule has 1 N–H and O–H groups in total. The summed E-state index contributed by atoms with van der Waals surface area (Å²) in [5.41, 5.74) is -1.31. The van der Waals surface area contributed by atoms with Gasteiger partial charge in [0.2, 0.25) is 10.0 Å². The van der Waals surface area contributed by atoms with Crippen molar-refractivity contribution in [2.24, 2.45) is 0 Å². The van der Waals surface area contributed by atoms with Crippen LogP contribution in [0.1, 0.15) is 11.1 Å². The van der Waals surface area contributed by atoms with Gasteiger partial charge in [0.15, 0.2) is 0 Å². The molecule has 0 aliphatic carbocycles. The van der Waals surface area contributed by atoms with Gasteiger partial charge < -0.3 is 0 Å². The van der Waals surface area contributed by atoms with Gasteiger partial charge in [-0.1, -0.05) is 22.0 Å². The Morgan fingerprint density at radius 1 is 1.04 bits per heavy atom. The van der Waals surface area contributed by atoms with E-state index in [0.29, 0.717) is 16.6 Å². The minimum Gasteiger partial charge on any atom is -0.207 e. The first kappa shape index (κ1) is 17.9. The first-order valence-corrected chi connectivity index (χ1v) is 8.48. The van der Waals surface area contributed by atoms with Crippen LogP contribution >= 0.6 is 15.9 Å². The van der Waals surface area contributed by atoms with Crippen molar-refractivity contribution in [3.63, 3.8) is 0 Å². The van der Waals surface area contributed by atoms with Crippen LogP contribution in [-0.4, -0.2) is 8.42 Å². The summed E-state index contributed by atoms with van der Waals surface area (Å²) in [7, 11) is -3.89. The molecule has 0 unspecified atom stereocenters. The molecular formula is C14H10BrF4NO2S. The van der Waals surface area contributed by atoms with Crippen molar-refractivity contribution in [1.29, 1.82) is 0 Å². The molecule has 3 nitrogen and oxygen atoms in total. The first-order chi connectivity index (χ1) is 10.6. The number of sulfonamides is 1. The van der Waals surface area contributed by atoms with Crippen molar-refractivity contribution in [2.75, 3.05) is 0 Å². The number of alkyl halides is 3. The minimum absolute atomic E-state index is 0.0342. The maximum absolute atomic E-state index is 13.7. The molecule has 0 bridgehead atoms. The average Bonchev–Trinajstić information content (AvgIpc) is 2.45. The Hall–Kier alpha value is -1.45. The largest absolute Gasteiger partial charge is 0.416 e. The Balaban J connectivity index is 2.16. The van der Waals surface area contributed by atoms with Crippen molar-refractivity contribution in [2.45, 2.75) is 17.6 Å². The summed E-state index contributed by atoms with van der Waals surface area (Å²) in [5.74, 6) is -1.13. The number of hydrogen-bond donors (Lipinski definition) is 1. The number of nitrogens with one attached hydrogen (secondary N) is 1. The van der Waals surface area contributed by atoms with E-state index in [1.807, 2.05) is 0 Å². The maximum atomic E-state index is 13.7. The minimum atomic E-state index is -4.66. The Labute approximate surface area is 138 Å². The van der Waals surface area contributed by atoms with E-state index in [0.717, 1.165) is 6.07 Å². The Morgan fingerprint density at radius 3 is 2.17 bits per heavy atom. The zero-order valence-corrected chi connectivity index (χ0v) is 13.8. The molecule has 2 aromatic carbocycles. The molecule has 0 radical (unpaired) electrons. The topological polar surface area (TPSA) is 46.2 Å². The van der Waals surface area contributed by atoms with Gasteiger partial charge in [-0.2, -0.15) is 13.2 Å². The molecule has 0 aromatic heterocycles. The predicted molar refractivity (Wildman–Crippen MR) is 79.6 cm³/mol. The lowest BCUT2D eigenvalue weighted by Crippen LogP contribution is -2.23. The van der Waals surface area contributed by atoms with Gasteiger partial charge in [-0.3, -0.25) is 0 Å². The highest BCUT2D eigenvalue weighted by molar-refractivity contribution is 9.10. The smallest absolute Gasteiger partial charge is 0.207 e. The molecule has 0 amide bonds. The van der Waals surface area contributed by atoms with Crippen LogP contribution in [0.2, 0.25) is 0 Å². The molecule has 124 valence electrons. The summed E-state index contributed by atoms with van der Waals surface area (Å²) in [5, 5.41) is 0. The third-order valence-electron chi connectivity index (χ3n) is 2.96. The fourth-order valence-electron chi connectivity index (χ4n) is 1.74. The van der Waals surface area contributed by atoms with Crippen molar-refractivity contribution in [1.82, 2.24) is 4.72 Å². The summed E-state index contributed by atoms with van der Waals surface area (Å²) in [6, 6.07) is 7.67. The van der Waals surface area contributed by atoms with Crippen LogP contribution in [0.4, 0.5) is 17.6 Å². The zero-order chi connectivity index (χ0) is 17.3. The highest BCUT2D eigenvalue weighted by Crippen LogP contribution is 2.30. The van der Waals surface area contributed by atoms with Gasteiger partial charge >= 0.3 is 6.18 Å². The van der Waals surface area contributed by atoms with E-state index >= 15 is 0 Å². The Morgan fingerprint density at radius 2 is 1.65 bits per heavy atom. The standard InChI is InChI=1S/C14H10BrF4NO2S/c15-11-3-5-12(6-4-11)23(21,22)20-8-9-1-2-10(7-13(9)16)14(17,18)19/h1-7,20H,8H2. The van der Waals surface area contributed by atoms with Crippen LogP contribution in [0.15, 0.2) is 51.8 Å². The summed E-state index contributed by atoms with van der Waals surface area (Å²) in [6.07, 6.45) is -4.66. The molecule has 0 saturated heterocycles. The maximum Gasteiger partial charge on any atom is 0.416 e. The summed E-state index contributed by atoms with van der Waals surface area (Å²) >= 11 is 3.16. The van der Waals surface area contributed by atoms with Gasteiger partial charge in [-0.15, -0.1) is 0 Å². The predicted octanol–water partition coefficient (Wildman–Crippen LogP) is 4.09. The molecule has 0 spiro atoms. The zero-order valence-electron chi connectivity index (χ0n) is 11.4. The van der Waals surface area contributed by atoms with Gasteiger partial charge in [-0.05, 0) is 36.4 Å². The number of benzene rings is 2. The van der Waals surface area contributed by atoms with Crippen LogP contribution in [-0.2, 0) is 22.7 Å². The van der Waals surface area contributed by atoms with E-state index < -0.39 is 34.1 Å². The van der Waals surface area contributed by atoms with E-state index in [-0.39, 0.29) is 10.5 Å². The molecule has 9 heteroatoms. The second-order valence-electron chi connectivity index (χ2n) is 4.58. The number of rotatable bonds is 4. The molecule has 0 aliphatic rings. The average molecular weight is 412 g/mol. The van der Waals surface area contributed by atoms with Gasteiger partial charge in [-0.25, -0.2) is 17.5 Å². The van der Waals surface area contributed by atoms with Crippen LogP contribution in [0.5, 0.6) is 0 Å². The summed E-state index contributed by atoms with van der Waals surface area (Å²) in [4.78, 5) is -0.0342. The number of hydrogen-bond acceptors (Lipinski definition) is 2. The van der Waals surface area contributed by atoms with E-state index in [1.165, 1.54) is 24.3 Å². The Bertz CT molecular complexity index is 805. The van der Waals surface area contributed by atoms with Crippen LogP contribution in [0.25, 0.3) is 0 Å². The highest BCUT2D eigenvalue weighted by atomic mass is 79.9. The van der Waals surface area contributed by atoms with Crippen molar-refractivity contribution >= 4 is 26.0 Å². The van der Waals surface area contributed by atoms with Crippen LogP contribution in [0.3, 0.4) is 0 Å². The SMILES string of the molecule is O=S(=O)(NCc1ccc(C(F)(F)F)cc1F)c1ccc(Br)cc1. The van der Waals surface area contributed by atoms with Gasteiger partial charge in [0.1, 0.15) is 5.82 Å². The molecule has 0 fully saturated rings. The van der Waals surface area contributed by atoms with E-state index in [9.17, 15) is 26.0 Å². The first-order valence-electron chi connectivity index (χ1n) is 6.20. The van der Waals surface area contributed by atoms with Crippen LogP contribution in [0, 0.1) is 5.82 Å². The van der Waals surface area contributed by atoms with Crippen molar-refractivity contribution in [3.8, 4) is 0 Å². The molecule has 0 aliphatic heterocycles. The lowest BCUT2D eigenvalue weighted by atomic mass is 10.1. The van der Waals surface area contributed by atoms with Gasteiger partial charge in [0, 0.05) is 16.6 Å². The molecule has 23 heavy (non-hydrogen) atoms. The van der Waals surface area contributed by atoms with Crippen molar-refractivity contribution in [3.05, 3.63) is 63.9 Å². The van der Waals surface area contributed by atoms with E-state index in [2.05, 4.69) is 20.7 Å². The summed E-state index contributed by atoms with van der Waals surface area (Å²) in [6.45, 7) is -0.456. The molecule has 2 rings (SSSR count). The molecule has 0 heterocycles. The van der Waals surface area contributed by atoms with Gasteiger partial charge in [0.25, 0.3) is 0 Å². The fraction of sp³-hybridized carbons (Fsp3) is 0.143. The molecular weight excluding hydrogens is 402 g/mol. The Kier molecular flexibility index (Phi) is 5.12. The second kappa shape index (κ2) is 6.58. The summed E-state index contributed by atoms with van der Waals surface area (Å²) < 4.78 is 77.9. The highest BCUT2D eigenvalue weighted by Gasteiger charge is 2.31. The lowest BCUT2D eigenvalue weighted by molar-refractivity contribution is -0.137. The third-order valence-corrected chi connectivity index (χ3v) is 4.90. The fourth-order valence-corrected chi connectivity index (χ4v) is 3.01. The van der Waals surface area contributed by atoms with E-state index in [4.69, 9.17) is 0 Å². The van der Waals surface area contributed by atoms with Gasteiger partial charge in [0.05, 0.1) is 10.5 Å². The second-order valence-corrected chi connectivity index (χ2v) is 7.27. The lowest BCUT2D eigenvalue weighted by Gasteiger charge is -2.10. The number of halogens is 5. The molecule has 0 atom stereocenters. The molecule has 0 saturated carbocycles. The van der Waals surface area contributed by atoms with Crippen molar-refractivity contribution < 1.29 is 26.0 Å². The monoisotopic (exact) mass is 411 g/mol. The normalized spacial score (nSPS) is 12.4. The van der Waals surface area contributed by atoms with Crippen LogP contribution < -0.4 is 4.72 Å². The quantitative estimate of drug-likeness (QED) is 0.770. The van der Waals surface area contributed by atoms with E-state index in [1.54, 1.807) is 0 Å². The third kappa shape index (κ3) is 4.52.